The fraction of sp³-hybridized carbons (Fsp3) is 0.100. The fourth-order valence-corrected chi connectivity index (χ4v) is 1.33. The van der Waals surface area contributed by atoms with Gasteiger partial charge in [0.2, 0.25) is 5.91 Å². The molecule has 0 bridgehead atoms. The Balaban J connectivity index is 2.14. The smallest absolute Gasteiger partial charge is 0.239 e. The minimum Gasteiger partial charge on any atom is -0.325 e. The number of hydrogen-bond acceptors (Lipinski definition) is 3. The molecule has 2 N–H and O–H groups in total. The normalized spacial score (nSPS) is 10.1. The summed E-state index contributed by atoms with van der Waals surface area (Å²) in [6, 6.07) is 7.27. The Morgan fingerprint density at radius 1 is 1.38 bits per heavy atom. The summed E-state index contributed by atoms with van der Waals surface area (Å²) in [4.78, 5) is 11.0. The van der Waals surface area contributed by atoms with Crippen LogP contribution in [0.1, 0.15) is 0 Å². The van der Waals surface area contributed by atoms with Crippen molar-refractivity contribution in [1.29, 1.82) is 0 Å². The molecule has 0 aliphatic heterocycles. The molecule has 0 atom stereocenters. The first-order valence-corrected chi connectivity index (χ1v) is 5.15. The van der Waals surface area contributed by atoms with E-state index in [0.717, 1.165) is 11.3 Å². The Labute approximate surface area is 96.8 Å². The van der Waals surface area contributed by atoms with Gasteiger partial charge in [-0.25, -0.2) is 0 Å². The summed E-state index contributed by atoms with van der Waals surface area (Å²) in [6.07, 6.45) is 1.63. The average Bonchev–Trinajstić information content (AvgIpc) is 2.83. The van der Waals surface area contributed by atoms with Crippen LogP contribution in [-0.2, 0) is 4.79 Å². The van der Waals surface area contributed by atoms with E-state index in [4.69, 9.17) is 11.6 Å². The number of nitrogens with zero attached hydrogens (tertiary/aromatic N) is 2. The van der Waals surface area contributed by atoms with Crippen molar-refractivity contribution < 1.29 is 4.79 Å². The van der Waals surface area contributed by atoms with Crippen molar-refractivity contribution in [3.8, 4) is 11.3 Å². The number of carbonyl (C=O) groups is 1. The molecule has 2 aromatic rings. The zero-order chi connectivity index (χ0) is 11.4. The van der Waals surface area contributed by atoms with Crippen molar-refractivity contribution in [1.82, 2.24) is 15.4 Å². The van der Waals surface area contributed by atoms with E-state index in [9.17, 15) is 4.79 Å². The number of nitrogens with one attached hydrogen (secondary N) is 2. The van der Waals surface area contributed by atoms with Crippen LogP contribution >= 0.6 is 11.6 Å². The molecule has 1 heterocycles. The lowest BCUT2D eigenvalue weighted by atomic mass is 10.1. The van der Waals surface area contributed by atoms with Crippen LogP contribution in [0.3, 0.4) is 0 Å². The predicted octanol–water partition coefficient (Wildman–Crippen LogP) is 1.65. The number of rotatable bonds is 3. The lowest BCUT2D eigenvalue weighted by Crippen LogP contribution is -2.12. The molecule has 0 radical (unpaired) electrons. The molecule has 2 rings (SSSR count). The van der Waals surface area contributed by atoms with E-state index in [1.165, 1.54) is 0 Å². The number of hydrogen-bond donors (Lipinski definition) is 2. The van der Waals surface area contributed by atoms with Crippen LogP contribution in [0, 0.1) is 0 Å². The molecule has 1 aromatic carbocycles. The van der Waals surface area contributed by atoms with Crippen LogP contribution in [0.4, 0.5) is 5.69 Å². The van der Waals surface area contributed by atoms with Crippen molar-refractivity contribution in [2.24, 2.45) is 0 Å². The number of anilines is 1. The molecule has 0 unspecified atom stereocenters. The van der Waals surface area contributed by atoms with Gasteiger partial charge in [-0.1, -0.05) is 12.1 Å². The summed E-state index contributed by atoms with van der Waals surface area (Å²) >= 11 is 5.38. The fourth-order valence-electron chi connectivity index (χ4n) is 1.26. The highest BCUT2D eigenvalue weighted by molar-refractivity contribution is 6.29. The molecule has 16 heavy (non-hydrogen) atoms. The van der Waals surface area contributed by atoms with Crippen molar-refractivity contribution >= 4 is 23.2 Å². The van der Waals surface area contributed by atoms with Crippen molar-refractivity contribution in [2.45, 2.75) is 0 Å². The van der Waals surface area contributed by atoms with Gasteiger partial charge < -0.3 is 5.32 Å². The van der Waals surface area contributed by atoms with E-state index < -0.39 is 0 Å². The average molecular weight is 237 g/mol. The SMILES string of the molecule is O=C(CCl)Nc1ccc(-c2cn[nH]n2)cc1. The first-order chi connectivity index (χ1) is 7.79. The zero-order valence-electron chi connectivity index (χ0n) is 8.27. The minimum atomic E-state index is -0.226. The van der Waals surface area contributed by atoms with Crippen molar-refractivity contribution in [2.75, 3.05) is 11.2 Å². The van der Waals surface area contributed by atoms with Crippen molar-refractivity contribution in [3.63, 3.8) is 0 Å². The summed E-state index contributed by atoms with van der Waals surface area (Å²) in [6.45, 7) is 0. The lowest BCUT2D eigenvalue weighted by molar-refractivity contribution is -0.113. The standard InChI is InChI=1S/C10H9ClN4O/c11-5-10(16)13-8-3-1-7(2-4-8)9-6-12-15-14-9/h1-4,6H,5H2,(H,13,16)(H,12,14,15). The Kier molecular flexibility index (Phi) is 3.16. The summed E-state index contributed by atoms with van der Waals surface area (Å²) in [5, 5.41) is 12.9. The minimum absolute atomic E-state index is 0.0506. The molecule has 0 saturated heterocycles. The largest absolute Gasteiger partial charge is 0.325 e. The van der Waals surface area contributed by atoms with Crippen LogP contribution in [0.5, 0.6) is 0 Å². The highest BCUT2D eigenvalue weighted by Gasteiger charge is 2.02. The first-order valence-electron chi connectivity index (χ1n) is 4.61. The van der Waals surface area contributed by atoms with Crippen molar-refractivity contribution in [3.05, 3.63) is 30.5 Å². The second-order valence-electron chi connectivity index (χ2n) is 3.11. The van der Waals surface area contributed by atoms with Crippen LogP contribution in [-0.4, -0.2) is 27.2 Å². The molecular formula is C10H9ClN4O. The Morgan fingerprint density at radius 2 is 2.12 bits per heavy atom. The van der Waals surface area contributed by atoms with E-state index in [2.05, 4.69) is 20.7 Å². The third-order valence-electron chi connectivity index (χ3n) is 2.00. The molecule has 0 spiro atoms. The third-order valence-corrected chi connectivity index (χ3v) is 2.24. The first kappa shape index (κ1) is 10.6. The highest BCUT2D eigenvalue weighted by Crippen LogP contribution is 2.18. The van der Waals surface area contributed by atoms with E-state index in [1.807, 2.05) is 12.1 Å². The molecule has 6 heteroatoms. The molecule has 1 amide bonds. The molecule has 0 saturated carbocycles. The summed E-state index contributed by atoms with van der Waals surface area (Å²) in [5.41, 5.74) is 2.39. The van der Waals surface area contributed by atoms with Gasteiger partial charge in [0.1, 0.15) is 11.6 Å². The van der Waals surface area contributed by atoms with Gasteiger partial charge in [-0.2, -0.15) is 15.4 Å². The zero-order valence-corrected chi connectivity index (χ0v) is 9.03. The van der Waals surface area contributed by atoms with Gasteiger partial charge in [-0.15, -0.1) is 11.6 Å². The lowest BCUT2D eigenvalue weighted by Gasteiger charge is -2.03. The monoisotopic (exact) mass is 236 g/mol. The number of benzene rings is 1. The van der Waals surface area contributed by atoms with Gasteiger partial charge in [-0.3, -0.25) is 4.79 Å². The quantitative estimate of drug-likeness (QED) is 0.796. The van der Waals surface area contributed by atoms with Gasteiger partial charge in [-0.05, 0) is 12.1 Å². The number of aromatic amines is 1. The van der Waals surface area contributed by atoms with E-state index in [-0.39, 0.29) is 11.8 Å². The number of H-pyrrole nitrogens is 1. The van der Waals surface area contributed by atoms with Crippen LogP contribution < -0.4 is 5.32 Å². The molecular weight excluding hydrogens is 228 g/mol. The third kappa shape index (κ3) is 2.38. The van der Waals surface area contributed by atoms with Gasteiger partial charge in [0.25, 0.3) is 0 Å². The summed E-state index contributed by atoms with van der Waals surface area (Å²) in [5.74, 6) is -0.277. The van der Waals surface area contributed by atoms with E-state index >= 15 is 0 Å². The molecule has 0 fully saturated rings. The number of alkyl halides is 1. The summed E-state index contributed by atoms with van der Waals surface area (Å²) in [7, 11) is 0. The number of carbonyl (C=O) groups excluding carboxylic acids is 1. The Morgan fingerprint density at radius 3 is 2.69 bits per heavy atom. The maximum atomic E-state index is 11.0. The van der Waals surface area contributed by atoms with E-state index in [1.54, 1.807) is 18.3 Å². The second-order valence-corrected chi connectivity index (χ2v) is 3.38. The number of halogens is 1. The number of aromatic nitrogens is 3. The van der Waals surface area contributed by atoms with Gasteiger partial charge in [0.15, 0.2) is 0 Å². The maximum absolute atomic E-state index is 11.0. The topological polar surface area (TPSA) is 70.7 Å². The predicted molar refractivity (Wildman–Crippen MR) is 61.2 cm³/mol. The number of amides is 1. The highest BCUT2D eigenvalue weighted by atomic mass is 35.5. The van der Waals surface area contributed by atoms with Gasteiger partial charge in [0, 0.05) is 11.3 Å². The summed E-state index contributed by atoms with van der Waals surface area (Å²) < 4.78 is 0. The van der Waals surface area contributed by atoms with Crippen LogP contribution in [0.15, 0.2) is 30.5 Å². The van der Waals surface area contributed by atoms with Gasteiger partial charge in [0.05, 0.1) is 6.20 Å². The second kappa shape index (κ2) is 4.76. The Bertz CT molecular complexity index is 466. The van der Waals surface area contributed by atoms with Crippen LogP contribution in [0.2, 0.25) is 0 Å². The molecule has 0 aliphatic rings. The Hall–Kier alpha value is -1.88. The molecule has 82 valence electrons. The van der Waals surface area contributed by atoms with E-state index in [0.29, 0.717) is 5.69 Å². The van der Waals surface area contributed by atoms with Crippen LogP contribution in [0.25, 0.3) is 11.3 Å². The molecule has 0 aliphatic carbocycles. The molecule has 5 nitrogen and oxygen atoms in total. The molecule has 1 aromatic heterocycles. The van der Waals surface area contributed by atoms with Gasteiger partial charge >= 0.3 is 0 Å². The maximum Gasteiger partial charge on any atom is 0.239 e.